The highest BCUT2D eigenvalue weighted by Gasteiger charge is 2.54. The first kappa shape index (κ1) is 75.0. The predicted molar refractivity (Wildman–Crippen MR) is 416 cm³/mol. The van der Waals surface area contributed by atoms with Gasteiger partial charge < -0.3 is 41.5 Å². The van der Waals surface area contributed by atoms with Crippen LogP contribution < -0.4 is 36.9 Å². The lowest BCUT2D eigenvalue weighted by Crippen LogP contribution is -2.42. The number of rotatable bonds is 6. The van der Waals surface area contributed by atoms with Crippen LogP contribution in [-0.4, -0.2) is 89.7 Å². The molecule has 0 aromatic heterocycles. The fraction of sp³-hybridized carbons (Fsp3) is 0.305. The lowest BCUT2D eigenvalue weighted by Gasteiger charge is -2.41. The lowest BCUT2D eigenvalue weighted by atomic mass is 9.76. The van der Waals surface area contributed by atoms with Crippen molar-refractivity contribution in [2.24, 2.45) is 32.2 Å². The Balaban J connectivity index is 0.000000126. The zero-order valence-corrected chi connectivity index (χ0v) is 62.1. The maximum absolute atomic E-state index is 13.7. The van der Waals surface area contributed by atoms with Gasteiger partial charge in [-0.15, -0.1) is 0 Å². The summed E-state index contributed by atoms with van der Waals surface area (Å²) in [6.45, 7) is 0. The van der Waals surface area contributed by atoms with Gasteiger partial charge in [0.1, 0.15) is 53.0 Å². The van der Waals surface area contributed by atoms with Crippen LogP contribution in [0.2, 0.25) is 15.1 Å². The van der Waals surface area contributed by atoms with E-state index in [0.29, 0.717) is 43.1 Å². The van der Waals surface area contributed by atoms with E-state index < -0.39 is 41.7 Å². The van der Waals surface area contributed by atoms with Gasteiger partial charge >= 0.3 is 7.12 Å². The number of benzene rings is 9. The van der Waals surface area contributed by atoms with Gasteiger partial charge in [0.15, 0.2) is 0 Å². The number of ether oxygens (including phenoxy) is 3. The van der Waals surface area contributed by atoms with Crippen molar-refractivity contribution in [2.45, 2.75) is 138 Å². The molecule has 9 atom stereocenters. The molecule has 5 unspecified atom stereocenters. The van der Waals surface area contributed by atoms with E-state index in [9.17, 15) is 13.2 Å². The smallest absolute Gasteiger partial charge is 0.488 e. The number of hydrogen-bond acceptors (Lipinski definition) is 17. The topological polar surface area (TPSA) is 221 Å². The Morgan fingerprint density at radius 1 is 0.439 bits per heavy atom. The zero-order valence-electron chi connectivity index (χ0n) is 58.3. The van der Waals surface area contributed by atoms with Crippen molar-refractivity contribution < 1.29 is 51.9 Å². The van der Waals surface area contributed by atoms with Crippen LogP contribution in [0.4, 0.5) is 13.2 Å². The van der Waals surface area contributed by atoms with Crippen molar-refractivity contribution in [3.05, 3.63) is 269 Å². The Hall–Kier alpha value is -8.81. The minimum absolute atomic E-state index is 0. The Kier molecular flexibility index (Phi) is 21.5. The van der Waals surface area contributed by atoms with E-state index >= 15 is 0 Å². The van der Waals surface area contributed by atoms with E-state index in [1.165, 1.54) is 74.2 Å². The van der Waals surface area contributed by atoms with Crippen LogP contribution in [0.15, 0.2) is 201 Å². The van der Waals surface area contributed by atoms with Crippen LogP contribution >= 0.6 is 50.7 Å². The number of guanidine groups is 3. The number of hydrogen-bond donors (Lipinski definition) is 5. The molecule has 0 saturated carbocycles. The minimum atomic E-state index is -1.60. The molecule has 554 valence electrons. The van der Waals surface area contributed by atoms with E-state index in [-0.39, 0.29) is 58.1 Å². The molecular weight excluding hydrogens is 1490 g/mol. The highest BCUT2D eigenvalue weighted by Crippen LogP contribution is 2.55. The molecule has 17 nitrogen and oxygen atoms in total. The van der Waals surface area contributed by atoms with Gasteiger partial charge in [-0.25, -0.2) is 57.9 Å². The average Bonchev–Trinajstić information content (AvgIpc) is 1.69. The predicted octanol–water partition coefficient (Wildman–Crippen LogP) is 16.4. The summed E-state index contributed by atoms with van der Waals surface area (Å²) in [5, 5.41) is 21.9. The van der Waals surface area contributed by atoms with Crippen LogP contribution in [0.5, 0.6) is 17.2 Å². The van der Waals surface area contributed by atoms with Crippen molar-refractivity contribution in [3.8, 4) is 39.5 Å². The monoisotopic (exact) mass is 1570 g/mol. The van der Waals surface area contributed by atoms with Crippen molar-refractivity contribution in [3.63, 3.8) is 0 Å². The number of nitrogens with zero attached hydrogens (tertiary/aromatic N) is 6. The molecule has 3 aliphatic carbocycles. The fourth-order valence-electron chi connectivity index (χ4n) is 16.4. The van der Waals surface area contributed by atoms with Crippen LogP contribution in [0.3, 0.4) is 0 Å². The van der Waals surface area contributed by atoms with Crippen molar-refractivity contribution >= 4 is 81.2 Å². The van der Waals surface area contributed by atoms with Crippen LogP contribution in [0.1, 0.15) is 133 Å². The molecule has 0 amide bonds. The number of aliphatic imine (C=N–C) groups is 3. The van der Waals surface area contributed by atoms with Gasteiger partial charge in [-0.3, -0.25) is 0 Å². The quantitative estimate of drug-likeness (QED) is 0.0978. The Morgan fingerprint density at radius 3 is 1.09 bits per heavy atom. The molecule has 0 fully saturated rings. The zero-order chi connectivity index (χ0) is 73.9. The van der Waals surface area contributed by atoms with Crippen LogP contribution in [0.25, 0.3) is 22.3 Å². The summed E-state index contributed by atoms with van der Waals surface area (Å²) in [4.78, 5) is 33.2. The molecule has 18 rings (SSSR count). The molecule has 6 aliphatic heterocycles. The van der Waals surface area contributed by atoms with E-state index in [1.54, 1.807) is 50.5 Å². The Labute approximate surface area is 643 Å². The number of hydroxylamine groups is 6. The summed E-state index contributed by atoms with van der Waals surface area (Å²) >= 11 is 21.0. The van der Waals surface area contributed by atoms with Crippen LogP contribution in [-0.2, 0) is 51.0 Å². The van der Waals surface area contributed by atoms with Crippen LogP contribution in [0, 0.1) is 17.5 Å². The lowest BCUT2D eigenvalue weighted by molar-refractivity contribution is -0.192. The maximum atomic E-state index is 13.7. The molecule has 107 heavy (non-hydrogen) atoms. The molecule has 9 aromatic rings. The second kappa shape index (κ2) is 30.7. The summed E-state index contributed by atoms with van der Waals surface area (Å²) in [7, 11) is 3.72. The second-order valence-corrected chi connectivity index (χ2v) is 30.2. The number of aryl methyl sites for hydroxylation is 3. The second-order valence-electron chi connectivity index (χ2n) is 28.1. The van der Waals surface area contributed by atoms with Gasteiger partial charge in [0.25, 0.3) is 0 Å². The fourth-order valence-corrected chi connectivity index (χ4v) is 17.3. The first-order chi connectivity index (χ1) is 51.0. The third-order valence-corrected chi connectivity index (χ3v) is 22.9. The Morgan fingerprint density at radius 2 is 0.757 bits per heavy atom. The van der Waals surface area contributed by atoms with Gasteiger partial charge in [0.2, 0.25) is 35.1 Å². The summed E-state index contributed by atoms with van der Waals surface area (Å²) in [6, 6.07) is 56.7. The van der Waals surface area contributed by atoms with Gasteiger partial charge in [0.05, 0.1) is 31.8 Å². The van der Waals surface area contributed by atoms with Crippen molar-refractivity contribution in [1.82, 2.24) is 15.2 Å². The van der Waals surface area contributed by atoms with E-state index in [0.717, 1.165) is 118 Å². The largest absolute Gasteiger partial charge is 0.489 e. The summed E-state index contributed by atoms with van der Waals surface area (Å²) in [5.41, 5.74) is 30.0. The average molecular weight is 1570 g/mol. The molecule has 6 heterocycles. The highest BCUT2D eigenvalue weighted by molar-refractivity contribution is 9.10. The molecule has 0 bridgehead atoms. The van der Waals surface area contributed by atoms with Gasteiger partial charge in [-0.05, 0) is 198 Å². The first-order valence-corrected chi connectivity index (χ1v) is 37.4. The maximum Gasteiger partial charge on any atom is 0.488 e. The highest BCUT2D eigenvalue weighted by atomic mass is 79.9. The Bertz CT molecular complexity index is 4770. The minimum Gasteiger partial charge on any atom is -0.489 e. The van der Waals surface area contributed by atoms with Crippen molar-refractivity contribution in [2.75, 3.05) is 21.1 Å². The number of halogens is 7. The SMILES string of the molecule is C.CN1OC2(CC(C3CCCc4ccccc43)Oc3ccc(Br)cc32)N=C1N.CN1O[C@@]2(CC([C@@H]3CCCc4ccccc43)Oc3ccc(-c4ccc(F)c(Cl)c4)cc32)N=C1N.CN1O[C@@]2(CC([C@H]3CCCc4ccccc43)Oc3ccc(-c4ccc(F)c(Cl)c4)cc32)N=C1N.OB(O)c1ccc(F)c(Cl)c1. The first-order valence-electron chi connectivity index (χ1n) is 35.4. The standard InChI is InChI=1S/2C27H25ClFN3O2.C21H22BrN3O2.C6H5BClFO2.CH4/c2*1-32-26(30)31-27(34-32)15-25(20-8-4-6-16-5-2-3-7-19(16)20)33-24-12-10-17(13-21(24)27)18-9-11-23(29)22(28)14-18;1-25-20(23)24-21(27-25)12-19(26-18-10-9-14(22)11-17(18)21)16-8-4-6-13-5-2-3-7-15(13)16;8-5-3-4(7(10)11)1-2-6(5)9;/h2*2-3,5,7,9-14,20,25H,4,6,8,15H2,1H3,(H2,30,31);2-3,5,7,9-11,16,19H,4,6,8,12H2,1H3,(H2,23,24);1-3,10-11H;1H4/t20-,25?,27+;20-,25?,27-;;;/m01.../s1. The third kappa shape index (κ3) is 14.9. The summed E-state index contributed by atoms with van der Waals surface area (Å²) in [5.74, 6) is 2.67. The van der Waals surface area contributed by atoms with E-state index in [1.807, 2.05) is 54.6 Å². The molecular formula is C82H81BBrCl3F3N9O8. The number of nitrogens with two attached hydrogens (primary N) is 3. The van der Waals surface area contributed by atoms with E-state index in [4.69, 9.17) is 106 Å². The van der Waals surface area contributed by atoms with Gasteiger partial charge in [-0.2, -0.15) is 0 Å². The van der Waals surface area contributed by atoms with E-state index in [2.05, 4.69) is 88.7 Å². The van der Waals surface area contributed by atoms with Gasteiger partial charge in [-0.1, -0.05) is 161 Å². The molecule has 3 spiro atoms. The molecule has 0 radical (unpaired) electrons. The third-order valence-electron chi connectivity index (χ3n) is 21.5. The molecule has 9 aromatic carbocycles. The number of fused-ring (bicyclic) bond motifs is 9. The molecule has 25 heteroatoms. The van der Waals surface area contributed by atoms with Gasteiger partial charge in [0, 0.05) is 62.6 Å². The van der Waals surface area contributed by atoms with Crippen molar-refractivity contribution in [1.29, 1.82) is 0 Å². The molecule has 0 saturated heterocycles. The molecule has 8 N–H and O–H groups in total. The summed E-state index contributed by atoms with van der Waals surface area (Å²) in [6.07, 6.45) is 11.4. The molecule has 9 aliphatic rings. The normalized spacial score (nSPS) is 24.6. The summed E-state index contributed by atoms with van der Waals surface area (Å²) < 4.78 is 60.7.